The van der Waals surface area contributed by atoms with Crippen LogP contribution < -0.4 is 16.3 Å². The molecular formula is C26H24N6O2S. The van der Waals surface area contributed by atoms with Crippen molar-refractivity contribution in [3.63, 3.8) is 0 Å². The van der Waals surface area contributed by atoms with Crippen molar-refractivity contribution in [3.8, 4) is 11.3 Å². The van der Waals surface area contributed by atoms with E-state index < -0.39 is 5.91 Å². The Balaban J connectivity index is 1.44. The summed E-state index contributed by atoms with van der Waals surface area (Å²) in [4.78, 5) is 30.4. The SMILES string of the molecule is Cc1cccc(Nc2nc(-c3cc(C)n(NC(=O)c4nn(C)c(=O)c5ccccc45)c3C)cs2)c1. The molecule has 0 fully saturated rings. The van der Waals surface area contributed by atoms with Crippen LogP contribution in [0.4, 0.5) is 10.8 Å². The summed E-state index contributed by atoms with van der Waals surface area (Å²) in [5.41, 5.74) is 8.48. The number of aryl methyl sites for hydroxylation is 3. The van der Waals surface area contributed by atoms with E-state index in [-0.39, 0.29) is 11.3 Å². The van der Waals surface area contributed by atoms with Crippen LogP contribution in [0.5, 0.6) is 0 Å². The van der Waals surface area contributed by atoms with Crippen LogP contribution in [-0.2, 0) is 7.05 Å². The Morgan fingerprint density at radius 1 is 1.00 bits per heavy atom. The van der Waals surface area contributed by atoms with E-state index in [4.69, 9.17) is 4.98 Å². The van der Waals surface area contributed by atoms with E-state index >= 15 is 0 Å². The van der Waals surface area contributed by atoms with Crippen LogP contribution in [0.1, 0.15) is 27.4 Å². The molecule has 1 amide bonds. The van der Waals surface area contributed by atoms with Crippen molar-refractivity contribution in [3.05, 3.63) is 93.0 Å². The number of fused-ring (bicyclic) bond motifs is 1. The number of thiazole rings is 1. The van der Waals surface area contributed by atoms with E-state index in [1.165, 1.54) is 21.6 Å². The Bertz CT molecular complexity index is 1650. The van der Waals surface area contributed by atoms with Gasteiger partial charge in [0.1, 0.15) is 0 Å². The van der Waals surface area contributed by atoms with Gasteiger partial charge in [-0.1, -0.05) is 30.3 Å². The fourth-order valence-corrected chi connectivity index (χ4v) is 4.85. The number of rotatable bonds is 5. The summed E-state index contributed by atoms with van der Waals surface area (Å²) in [6.07, 6.45) is 0. The first-order valence-corrected chi connectivity index (χ1v) is 12.0. The Labute approximate surface area is 205 Å². The van der Waals surface area contributed by atoms with Gasteiger partial charge in [0.05, 0.1) is 11.1 Å². The van der Waals surface area contributed by atoms with Gasteiger partial charge in [0.25, 0.3) is 11.5 Å². The fraction of sp³-hybridized carbons (Fsp3) is 0.154. The predicted molar refractivity (Wildman–Crippen MR) is 140 cm³/mol. The highest BCUT2D eigenvalue weighted by Crippen LogP contribution is 2.31. The van der Waals surface area contributed by atoms with E-state index in [9.17, 15) is 9.59 Å². The van der Waals surface area contributed by atoms with Crippen LogP contribution >= 0.6 is 11.3 Å². The molecule has 0 aliphatic heterocycles. The first-order chi connectivity index (χ1) is 16.8. The van der Waals surface area contributed by atoms with Crippen LogP contribution in [0.25, 0.3) is 22.0 Å². The fourth-order valence-electron chi connectivity index (χ4n) is 4.12. The highest BCUT2D eigenvalue weighted by molar-refractivity contribution is 7.14. The molecule has 0 aliphatic rings. The molecule has 3 aromatic heterocycles. The van der Waals surface area contributed by atoms with Crippen LogP contribution in [-0.4, -0.2) is 25.3 Å². The molecule has 0 atom stereocenters. The highest BCUT2D eigenvalue weighted by Gasteiger charge is 2.19. The number of amides is 1. The smallest absolute Gasteiger partial charge is 0.291 e. The van der Waals surface area contributed by atoms with E-state index in [0.717, 1.165) is 33.5 Å². The first-order valence-electron chi connectivity index (χ1n) is 11.1. The molecule has 35 heavy (non-hydrogen) atoms. The molecule has 2 N–H and O–H groups in total. The average Bonchev–Trinajstić information content (AvgIpc) is 3.41. The molecule has 2 aromatic carbocycles. The van der Waals surface area contributed by atoms with Gasteiger partial charge in [0, 0.05) is 40.5 Å². The molecule has 0 aliphatic carbocycles. The molecule has 0 bridgehead atoms. The molecule has 0 radical (unpaired) electrons. The van der Waals surface area contributed by atoms with Crippen molar-refractivity contribution in [1.29, 1.82) is 0 Å². The van der Waals surface area contributed by atoms with Crippen LogP contribution in [0.15, 0.2) is 64.8 Å². The third kappa shape index (κ3) is 4.22. The second-order valence-corrected chi connectivity index (χ2v) is 9.27. The lowest BCUT2D eigenvalue weighted by atomic mass is 10.1. The van der Waals surface area contributed by atoms with E-state index in [0.29, 0.717) is 10.8 Å². The number of hydrogen-bond donors (Lipinski definition) is 2. The van der Waals surface area contributed by atoms with Gasteiger partial charge in [-0.2, -0.15) is 5.10 Å². The van der Waals surface area contributed by atoms with Crippen LogP contribution in [0, 0.1) is 20.8 Å². The quantitative estimate of drug-likeness (QED) is 0.370. The summed E-state index contributed by atoms with van der Waals surface area (Å²) >= 11 is 1.52. The molecule has 0 saturated heterocycles. The maximum absolute atomic E-state index is 13.2. The lowest BCUT2D eigenvalue weighted by Gasteiger charge is -2.13. The van der Waals surface area contributed by atoms with Crippen molar-refractivity contribution in [2.75, 3.05) is 10.7 Å². The normalized spacial score (nSPS) is 11.1. The minimum atomic E-state index is -0.398. The van der Waals surface area contributed by atoms with Crippen molar-refractivity contribution >= 4 is 38.8 Å². The van der Waals surface area contributed by atoms with Gasteiger partial charge < -0.3 is 5.32 Å². The summed E-state index contributed by atoms with van der Waals surface area (Å²) in [7, 11) is 1.54. The topological polar surface area (TPSA) is 93.8 Å². The molecule has 8 nitrogen and oxygen atoms in total. The van der Waals surface area contributed by atoms with Gasteiger partial charge in [0.15, 0.2) is 10.8 Å². The van der Waals surface area contributed by atoms with Crippen molar-refractivity contribution < 1.29 is 4.79 Å². The molecular weight excluding hydrogens is 460 g/mol. The zero-order chi connectivity index (χ0) is 24.7. The Morgan fingerprint density at radius 3 is 2.54 bits per heavy atom. The van der Waals surface area contributed by atoms with Gasteiger partial charge in [-0.3, -0.25) is 19.7 Å². The van der Waals surface area contributed by atoms with Crippen LogP contribution in [0.2, 0.25) is 0 Å². The van der Waals surface area contributed by atoms with Crippen molar-refractivity contribution in [1.82, 2.24) is 19.4 Å². The molecule has 5 aromatic rings. The average molecular weight is 485 g/mol. The number of nitrogens with one attached hydrogen (secondary N) is 2. The Morgan fingerprint density at radius 2 is 1.77 bits per heavy atom. The maximum Gasteiger partial charge on any atom is 0.291 e. The number of hydrogen-bond acceptors (Lipinski definition) is 6. The highest BCUT2D eigenvalue weighted by atomic mass is 32.1. The summed E-state index contributed by atoms with van der Waals surface area (Å²) in [5, 5.41) is 11.3. The lowest BCUT2D eigenvalue weighted by molar-refractivity contribution is 0.100. The summed E-state index contributed by atoms with van der Waals surface area (Å²) in [5.74, 6) is -0.398. The standard InChI is InChI=1S/C26H24N6O2S/c1-15-8-7-9-18(12-15)27-26-28-22(14-35-26)21-13-16(2)32(17(21)3)30-24(33)23-19-10-5-6-11-20(19)25(34)31(4)29-23/h5-14H,1-4H3,(H,27,28)(H,30,33). The zero-order valence-corrected chi connectivity index (χ0v) is 20.6. The second kappa shape index (κ2) is 8.84. The summed E-state index contributed by atoms with van der Waals surface area (Å²) in [6.45, 7) is 5.90. The Hall–Kier alpha value is -4.24. The minimum Gasteiger partial charge on any atom is -0.332 e. The van der Waals surface area contributed by atoms with E-state index in [2.05, 4.69) is 34.9 Å². The van der Waals surface area contributed by atoms with E-state index in [1.54, 1.807) is 36.0 Å². The molecule has 176 valence electrons. The summed E-state index contributed by atoms with van der Waals surface area (Å²) < 4.78 is 2.92. The number of benzene rings is 2. The van der Waals surface area contributed by atoms with Crippen molar-refractivity contribution in [2.45, 2.75) is 20.8 Å². The van der Waals surface area contributed by atoms with Gasteiger partial charge in [-0.15, -0.1) is 11.3 Å². The van der Waals surface area contributed by atoms with Gasteiger partial charge in [0.2, 0.25) is 0 Å². The molecule has 9 heteroatoms. The number of nitrogens with zero attached hydrogens (tertiary/aromatic N) is 4. The van der Waals surface area contributed by atoms with Gasteiger partial charge in [-0.05, 0) is 50.6 Å². The first kappa shape index (κ1) is 22.5. The molecule has 0 spiro atoms. The monoisotopic (exact) mass is 484 g/mol. The Kier molecular flexibility index (Phi) is 5.70. The second-order valence-electron chi connectivity index (χ2n) is 8.42. The molecule has 0 saturated carbocycles. The number of carbonyl (C=O) groups excluding carboxylic acids is 1. The predicted octanol–water partition coefficient (Wildman–Crippen LogP) is 4.91. The lowest BCUT2D eigenvalue weighted by Crippen LogP contribution is -2.29. The molecule has 0 unspecified atom stereocenters. The third-order valence-corrected chi connectivity index (χ3v) is 6.62. The molecule has 5 rings (SSSR count). The van der Waals surface area contributed by atoms with Gasteiger partial charge >= 0.3 is 0 Å². The number of carbonyl (C=O) groups is 1. The largest absolute Gasteiger partial charge is 0.332 e. The minimum absolute atomic E-state index is 0.190. The molecule has 3 heterocycles. The van der Waals surface area contributed by atoms with Crippen LogP contribution in [0.3, 0.4) is 0 Å². The third-order valence-electron chi connectivity index (χ3n) is 5.87. The van der Waals surface area contributed by atoms with Gasteiger partial charge in [-0.25, -0.2) is 9.67 Å². The number of aromatic nitrogens is 4. The summed E-state index contributed by atoms with van der Waals surface area (Å²) in [6, 6.07) is 17.1. The number of anilines is 2. The van der Waals surface area contributed by atoms with Crippen molar-refractivity contribution in [2.24, 2.45) is 7.05 Å². The maximum atomic E-state index is 13.2. The zero-order valence-electron chi connectivity index (χ0n) is 19.8. The van der Waals surface area contributed by atoms with E-state index in [1.807, 2.05) is 37.4 Å².